The first-order valence-electron chi connectivity index (χ1n) is 7.28. The van der Waals surface area contributed by atoms with Gasteiger partial charge in [-0.05, 0) is 45.1 Å². The van der Waals surface area contributed by atoms with Gasteiger partial charge in [0.25, 0.3) is 0 Å². The van der Waals surface area contributed by atoms with Crippen LogP contribution in [0.3, 0.4) is 0 Å². The molecule has 0 aliphatic heterocycles. The molecule has 102 valence electrons. The Balaban J connectivity index is 4.22. The average Bonchev–Trinajstić information content (AvgIpc) is 2.19. The van der Waals surface area contributed by atoms with Gasteiger partial charge in [0.1, 0.15) is 0 Å². The van der Waals surface area contributed by atoms with Crippen LogP contribution in [-0.2, 0) is 0 Å². The molecule has 0 amide bonds. The largest absolute Gasteiger partial charge is 0.306 e. The van der Waals surface area contributed by atoms with Gasteiger partial charge in [-0.25, -0.2) is 0 Å². The molecule has 0 saturated carbocycles. The zero-order valence-electron chi connectivity index (χ0n) is 12.8. The van der Waals surface area contributed by atoms with Crippen LogP contribution in [0.25, 0.3) is 0 Å². The Hall–Kier alpha value is -0.0831. The molecule has 0 atom stereocenters. The van der Waals surface area contributed by atoms with Crippen molar-refractivity contribution in [3.63, 3.8) is 0 Å². The normalized spacial score (nSPS) is 12.1. The van der Waals surface area contributed by atoms with E-state index < -0.39 is 8.07 Å². The van der Waals surface area contributed by atoms with Gasteiger partial charge in [-0.2, -0.15) is 0 Å². The highest BCUT2D eigenvalue weighted by Crippen LogP contribution is 2.17. The van der Waals surface area contributed by atoms with Crippen molar-refractivity contribution in [2.24, 2.45) is 0 Å². The zero-order chi connectivity index (χ0) is 13.3. The predicted molar refractivity (Wildman–Crippen MR) is 83.4 cm³/mol. The maximum Gasteiger partial charge on any atom is 0.0669 e. The van der Waals surface area contributed by atoms with Gasteiger partial charge in [0.2, 0.25) is 0 Å². The van der Waals surface area contributed by atoms with Gasteiger partial charge in [0, 0.05) is 0 Å². The number of nitrogens with zero attached hydrogens (tertiary/aromatic N) is 1. The molecular weight excluding hydrogens is 222 g/mol. The highest BCUT2D eigenvalue weighted by molar-refractivity contribution is 6.78. The number of rotatable bonds is 10. The maximum atomic E-state index is 4.09. The number of allylic oxidation sites excluding steroid dienone is 1. The highest BCUT2D eigenvalue weighted by Gasteiger charge is 2.23. The summed E-state index contributed by atoms with van der Waals surface area (Å²) in [7, 11) is -1.10. The van der Waals surface area contributed by atoms with E-state index in [9.17, 15) is 0 Å². The average molecular weight is 256 g/mol. The molecule has 0 radical (unpaired) electrons. The van der Waals surface area contributed by atoms with Crippen LogP contribution in [0, 0.1) is 0 Å². The predicted octanol–water partition coefficient (Wildman–Crippen LogP) is 4.71. The summed E-state index contributed by atoms with van der Waals surface area (Å²) in [5.74, 6) is 0. The summed E-state index contributed by atoms with van der Waals surface area (Å²) in [6.07, 6.45) is 6.67. The molecule has 0 rings (SSSR count). The number of hydrogen-bond acceptors (Lipinski definition) is 1. The first-order chi connectivity index (χ1) is 7.91. The van der Waals surface area contributed by atoms with Crippen LogP contribution < -0.4 is 0 Å². The molecule has 0 bridgehead atoms. The van der Waals surface area contributed by atoms with E-state index in [1.807, 2.05) is 0 Å². The summed E-state index contributed by atoms with van der Waals surface area (Å²) in [5, 5.41) is 0. The lowest BCUT2D eigenvalue weighted by atomic mass is 10.3. The molecule has 0 fully saturated rings. The standard InChI is InChI=1S/C15H33NSi/c1-7-9-11-16(12-10-8-2)14-17(5,6)13-15(3)4/h3,7-14H2,1-2,4-6H3. The van der Waals surface area contributed by atoms with E-state index in [1.54, 1.807) is 0 Å². The topological polar surface area (TPSA) is 3.24 Å². The summed E-state index contributed by atoms with van der Waals surface area (Å²) in [6.45, 7) is 18.4. The van der Waals surface area contributed by atoms with Crippen molar-refractivity contribution in [3.8, 4) is 0 Å². The molecule has 0 unspecified atom stereocenters. The lowest BCUT2D eigenvalue weighted by Crippen LogP contribution is -2.43. The van der Waals surface area contributed by atoms with Gasteiger partial charge in [0.15, 0.2) is 0 Å². The Morgan fingerprint density at radius 1 is 1.06 bits per heavy atom. The van der Waals surface area contributed by atoms with Crippen molar-refractivity contribution in [2.75, 3.05) is 19.3 Å². The quantitative estimate of drug-likeness (QED) is 0.403. The van der Waals surface area contributed by atoms with Gasteiger partial charge in [-0.15, -0.1) is 6.58 Å². The van der Waals surface area contributed by atoms with Gasteiger partial charge in [-0.3, -0.25) is 0 Å². The third-order valence-electron chi connectivity index (χ3n) is 3.09. The lowest BCUT2D eigenvalue weighted by molar-refractivity contribution is 0.301. The van der Waals surface area contributed by atoms with Crippen molar-refractivity contribution >= 4 is 8.07 Å². The van der Waals surface area contributed by atoms with E-state index in [4.69, 9.17) is 0 Å². The third kappa shape index (κ3) is 9.60. The Morgan fingerprint density at radius 2 is 1.53 bits per heavy atom. The second-order valence-electron chi connectivity index (χ2n) is 6.28. The van der Waals surface area contributed by atoms with Crippen LogP contribution >= 0.6 is 0 Å². The van der Waals surface area contributed by atoms with E-state index in [2.05, 4.69) is 45.3 Å². The molecule has 0 aliphatic carbocycles. The van der Waals surface area contributed by atoms with Crippen molar-refractivity contribution < 1.29 is 0 Å². The van der Waals surface area contributed by atoms with Crippen molar-refractivity contribution in [1.82, 2.24) is 4.90 Å². The fourth-order valence-electron chi connectivity index (χ4n) is 2.51. The molecule has 0 heterocycles. The van der Waals surface area contributed by atoms with E-state index >= 15 is 0 Å². The fourth-order valence-corrected chi connectivity index (χ4v) is 5.78. The molecule has 0 N–H and O–H groups in total. The smallest absolute Gasteiger partial charge is 0.0669 e. The maximum absolute atomic E-state index is 4.09. The second-order valence-corrected chi connectivity index (χ2v) is 11.3. The fraction of sp³-hybridized carbons (Fsp3) is 0.867. The Kier molecular flexibility index (Phi) is 8.88. The van der Waals surface area contributed by atoms with Crippen molar-refractivity contribution in [1.29, 1.82) is 0 Å². The Morgan fingerprint density at radius 3 is 1.88 bits per heavy atom. The number of unbranched alkanes of at least 4 members (excludes halogenated alkanes) is 2. The molecule has 0 saturated heterocycles. The molecule has 0 aliphatic rings. The monoisotopic (exact) mass is 255 g/mol. The van der Waals surface area contributed by atoms with Crippen LogP contribution in [0.2, 0.25) is 19.1 Å². The molecule has 0 aromatic rings. The van der Waals surface area contributed by atoms with Gasteiger partial charge >= 0.3 is 0 Å². The highest BCUT2D eigenvalue weighted by atomic mass is 28.3. The van der Waals surface area contributed by atoms with Crippen molar-refractivity contribution in [2.45, 2.75) is 65.6 Å². The summed E-state index contributed by atoms with van der Waals surface area (Å²) in [4.78, 5) is 2.71. The van der Waals surface area contributed by atoms with E-state index in [0.29, 0.717) is 0 Å². The molecule has 17 heavy (non-hydrogen) atoms. The SMILES string of the molecule is C=C(C)C[Si](C)(C)CN(CCCC)CCCC. The Bertz CT molecular complexity index is 203. The first kappa shape index (κ1) is 16.9. The summed E-state index contributed by atoms with van der Waals surface area (Å²) in [5.41, 5.74) is 1.37. The summed E-state index contributed by atoms with van der Waals surface area (Å²) in [6, 6.07) is 1.28. The van der Waals surface area contributed by atoms with E-state index in [1.165, 1.54) is 56.6 Å². The molecule has 0 aromatic heterocycles. The van der Waals surface area contributed by atoms with Crippen LogP contribution in [-0.4, -0.2) is 32.2 Å². The van der Waals surface area contributed by atoms with Crippen LogP contribution in [0.4, 0.5) is 0 Å². The van der Waals surface area contributed by atoms with E-state index in [-0.39, 0.29) is 0 Å². The molecule has 0 spiro atoms. The zero-order valence-corrected chi connectivity index (χ0v) is 13.8. The minimum absolute atomic E-state index is 1.10. The molecule has 2 heteroatoms. The molecule has 1 nitrogen and oxygen atoms in total. The third-order valence-corrected chi connectivity index (χ3v) is 5.95. The second kappa shape index (κ2) is 8.93. The van der Waals surface area contributed by atoms with Gasteiger partial charge in [0.05, 0.1) is 8.07 Å². The van der Waals surface area contributed by atoms with Crippen molar-refractivity contribution in [3.05, 3.63) is 12.2 Å². The molecular formula is C15H33NSi. The van der Waals surface area contributed by atoms with Crippen LogP contribution in [0.5, 0.6) is 0 Å². The van der Waals surface area contributed by atoms with Crippen LogP contribution in [0.15, 0.2) is 12.2 Å². The minimum atomic E-state index is -1.10. The van der Waals surface area contributed by atoms with E-state index in [0.717, 1.165) is 0 Å². The van der Waals surface area contributed by atoms with Gasteiger partial charge < -0.3 is 4.90 Å². The lowest BCUT2D eigenvalue weighted by Gasteiger charge is -2.31. The Labute approximate surface area is 110 Å². The first-order valence-corrected chi connectivity index (χ1v) is 10.7. The summed E-state index contributed by atoms with van der Waals surface area (Å²) >= 11 is 0. The van der Waals surface area contributed by atoms with Gasteiger partial charge in [-0.1, -0.05) is 45.4 Å². The summed E-state index contributed by atoms with van der Waals surface area (Å²) < 4.78 is 0. The molecule has 0 aromatic carbocycles. The minimum Gasteiger partial charge on any atom is -0.306 e. The number of hydrogen-bond donors (Lipinski definition) is 0. The van der Waals surface area contributed by atoms with Crippen LogP contribution in [0.1, 0.15) is 46.5 Å².